The van der Waals surface area contributed by atoms with Gasteiger partial charge in [0.1, 0.15) is 0 Å². The summed E-state index contributed by atoms with van der Waals surface area (Å²) < 4.78 is 0. The highest BCUT2D eigenvalue weighted by molar-refractivity contribution is 6.00. The number of carbonyl (C=O) groups excluding carboxylic acids is 2. The number of nitrogens with zero attached hydrogens (tertiary/aromatic N) is 3. The van der Waals surface area contributed by atoms with Crippen LogP contribution in [0.5, 0.6) is 0 Å². The van der Waals surface area contributed by atoms with Gasteiger partial charge >= 0.3 is 0 Å². The summed E-state index contributed by atoms with van der Waals surface area (Å²) in [5.74, 6) is -0.717. The second-order valence-corrected chi connectivity index (χ2v) is 7.51. The van der Waals surface area contributed by atoms with Crippen LogP contribution in [0.3, 0.4) is 0 Å². The highest BCUT2D eigenvalue weighted by Crippen LogP contribution is 2.29. The molecule has 0 radical (unpaired) electrons. The third-order valence-electron chi connectivity index (χ3n) is 5.59. The van der Waals surface area contributed by atoms with Crippen molar-refractivity contribution in [1.82, 2.24) is 9.88 Å². The molecule has 2 heterocycles. The zero-order valence-electron chi connectivity index (χ0n) is 15.6. The Morgan fingerprint density at radius 3 is 2.86 bits per heavy atom. The van der Waals surface area contributed by atoms with E-state index in [1.807, 2.05) is 12.1 Å². The number of nitriles is 1. The Balaban J connectivity index is 1.69. The maximum absolute atomic E-state index is 13.0. The van der Waals surface area contributed by atoms with Gasteiger partial charge in [-0.1, -0.05) is 12.1 Å². The second kappa shape index (κ2) is 7.43. The number of piperidine rings is 1. The molecule has 28 heavy (non-hydrogen) atoms. The number of hydrogen-bond acceptors (Lipinski definition) is 4. The van der Waals surface area contributed by atoms with Gasteiger partial charge in [-0.25, -0.2) is 0 Å². The molecule has 2 N–H and O–H groups in total. The highest BCUT2D eigenvalue weighted by Gasteiger charge is 2.25. The van der Waals surface area contributed by atoms with Crippen LogP contribution in [0.2, 0.25) is 0 Å². The van der Waals surface area contributed by atoms with E-state index in [0.29, 0.717) is 35.5 Å². The number of benzene rings is 1. The average Bonchev–Trinajstić information content (AvgIpc) is 3.20. The van der Waals surface area contributed by atoms with Crippen LogP contribution in [0.4, 0.5) is 0 Å². The number of pyridine rings is 1. The number of rotatable bonds is 3. The molecule has 1 fully saturated rings. The van der Waals surface area contributed by atoms with Crippen LogP contribution in [0.25, 0.3) is 11.3 Å². The predicted molar refractivity (Wildman–Crippen MR) is 104 cm³/mol. The van der Waals surface area contributed by atoms with E-state index in [2.05, 4.69) is 6.07 Å². The molecule has 1 aliphatic heterocycles. The van der Waals surface area contributed by atoms with Crippen molar-refractivity contribution in [2.75, 3.05) is 13.1 Å². The zero-order valence-corrected chi connectivity index (χ0v) is 15.6. The Hall–Kier alpha value is -3.20. The maximum Gasteiger partial charge on any atom is 0.253 e. The molecular formula is C22H22N4O2. The molecule has 6 nitrogen and oxygen atoms in total. The number of aryl methyl sites for hydroxylation is 2. The van der Waals surface area contributed by atoms with E-state index < -0.39 is 5.91 Å². The molecule has 1 aromatic heterocycles. The fourth-order valence-electron chi connectivity index (χ4n) is 4.13. The van der Waals surface area contributed by atoms with Crippen molar-refractivity contribution in [3.05, 3.63) is 52.7 Å². The quantitative estimate of drug-likeness (QED) is 0.892. The Morgan fingerprint density at radius 2 is 2.07 bits per heavy atom. The third-order valence-corrected chi connectivity index (χ3v) is 5.59. The number of likely N-dealkylation sites (tertiary alicyclic amines) is 1. The summed E-state index contributed by atoms with van der Waals surface area (Å²) >= 11 is 0. The van der Waals surface area contributed by atoms with E-state index in [-0.39, 0.29) is 11.8 Å². The van der Waals surface area contributed by atoms with Gasteiger partial charge in [-0.3, -0.25) is 14.6 Å². The van der Waals surface area contributed by atoms with Crippen LogP contribution >= 0.6 is 0 Å². The van der Waals surface area contributed by atoms with E-state index in [1.54, 1.807) is 23.1 Å². The molecule has 0 saturated carbocycles. The van der Waals surface area contributed by atoms with E-state index >= 15 is 0 Å². The van der Waals surface area contributed by atoms with Crippen molar-refractivity contribution in [1.29, 1.82) is 5.26 Å². The van der Waals surface area contributed by atoms with Crippen LogP contribution in [-0.4, -0.2) is 34.8 Å². The fraction of sp³-hybridized carbons (Fsp3) is 0.364. The van der Waals surface area contributed by atoms with E-state index in [4.69, 9.17) is 10.7 Å². The Labute approximate surface area is 164 Å². The molecule has 0 spiro atoms. The summed E-state index contributed by atoms with van der Waals surface area (Å²) in [6, 6.07) is 11.3. The Kier molecular flexibility index (Phi) is 4.82. The lowest BCUT2D eigenvalue weighted by molar-refractivity contribution is 0.0698. The highest BCUT2D eigenvalue weighted by atomic mass is 16.2. The lowest BCUT2D eigenvalue weighted by Crippen LogP contribution is -2.39. The van der Waals surface area contributed by atoms with Crippen LogP contribution < -0.4 is 5.73 Å². The van der Waals surface area contributed by atoms with Crippen molar-refractivity contribution in [2.24, 2.45) is 11.7 Å². The summed E-state index contributed by atoms with van der Waals surface area (Å²) in [6.07, 6.45) is 4.50. The number of carbonyl (C=O) groups is 2. The zero-order chi connectivity index (χ0) is 19.7. The molecular weight excluding hydrogens is 352 g/mol. The number of amides is 2. The number of fused-ring (bicyclic) bond motifs is 1. The smallest absolute Gasteiger partial charge is 0.253 e. The Morgan fingerprint density at radius 1 is 1.21 bits per heavy atom. The van der Waals surface area contributed by atoms with Crippen LogP contribution in [0.1, 0.15) is 51.2 Å². The summed E-state index contributed by atoms with van der Waals surface area (Å²) in [7, 11) is 0. The van der Waals surface area contributed by atoms with Crippen molar-refractivity contribution in [2.45, 2.75) is 32.1 Å². The topological polar surface area (TPSA) is 100 Å². The summed E-state index contributed by atoms with van der Waals surface area (Å²) in [6.45, 7) is 1.12. The van der Waals surface area contributed by atoms with Gasteiger partial charge in [0.15, 0.2) is 0 Å². The van der Waals surface area contributed by atoms with E-state index in [1.165, 1.54) is 0 Å². The first kappa shape index (κ1) is 18.2. The SMILES string of the molecule is N#CC1CCCN(C(=O)c2cccc(-c3nc4c(cc3C(N)=O)CCC4)c2)C1. The van der Waals surface area contributed by atoms with Crippen molar-refractivity contribution >= 4 is 11.8 Å². The minimum atomic E-state index is -0.512. The third kappa shape index (κ3) is 3.36. The standard InChI is InChI=1S/C22H22N4O2/c23-12-14-4-3-9-26(13-14)22(28)17-7-1-6-16(10-17)20-18(21(24)27)11-15-5-2-8-19(15)25-20/h1,6-7,10-11,14H,2-5,8-9,13H2,(H2,24,27). The van der Waals surface area contributed by atoms with Gasteiger partial charge in [-0.15, -0.1) is 0 Å². The average molecular weight is 374 g/mol. The minimum Gasteiger partial charge on any atom is -0.366 e. The molecule has 1 aliphatic carbocycles. The molecule has 0 bridgehead atoms. The molecule has 142 valence electrons. The van der Waals surface area contributed by atoms with Crippen molar-refractivity contribution < 1.29 is 9.59 Å². The summed E-state index contributed by atoms with van der Waals surface area (Å²) in [4.78, 5) is 31.4. The molecule has 1 unspecified atom stereocenters. The number of aromatic nitrogens is 1. The van der Waals surface area contributed by atoms with Crippen molar-refractivity contribution in [3.8, 4) is 17.3 Å². The minimum absolute atomic E-state index is 0.0939. The van der Waals surface area contributed by atoms with E-state index in [0.717, 1.165) is 43.4 Å². The molecule has 6 heteroatoms. The van der Waals surface area contributed by atoms with Crippen LogP contribution in [0.15, 0.2) is 30.3 Å². The fourth-order valence-corrected chi connectivity index (χ4v) is 4.13. The monoisotopic (exact) mass is 374 g/mol. The molecule has 4 rings (SSSR count). The number of nitrogens with two attached hydrogens (primary N) is 1. The Bertz CT molecular complexity index is 993. The molecule has 2 aliphatic rings. The molecule has 2 amide bonds. The van der Waals surface area contributed by atoms with Gasteiger partial charge in [-0.2, -0.15) is 5.26 Å². The van der Waals surface area contributed by atoms with Gasteiger partial charge in [0, 0.05) is 29.9 Å². The van der Waals surface area contributed by atoms with Gasteiger partial charge < -0.3 is 10.6 Å². The van der Waals surface area contributed by atoms with Crippen LogP contribution in [-0.2, 0) is 12.8 Å². The maximum atomic E-state index is 13.0. The van der Waals surface area contributed by atoms with Crippen LogP contribution in [0, 0.1) is 17.2 Å². The van der Waals surface area contributed by atoms with Gasteiger partial charge in [0.05, 0.1) is 23.2 Å². The van der Waals surface area contributed by atoms with E-state index in [9.17, 15) is 14.9 Å². The van der Waals surface area contributed by atoms with Gasteiger partial charge in [0.25, 0.3) is 11.8 Å². The number of primary amides is 1. The molecule has 2 aromatic rings. The number of hydrogen-bond donors (Lipinski definition) is 1. The largest absolute Gasteiger partial charge is 0.366 e. The lowest BCUT2D eigenvalue weighted by Gasteiger charge is -2.29. The first-order valence-electron chi connectivity index (χ1n) is 9.68. The molecule has 1 saturated heterocycles. The van der Waals surface area contributed by atoms with Crippen molar-refractivity contribution in [3.63, 3.8) is 0 Å². The first-order valence-corrected chi connectivity index (χ1v) is 9.68. The molecule has 1 atom stereocenters. The van der Waals surface area contributed by atoms with Gasteiger partial charge in [0.2, 0.25) is 0 Å². The summed E-state index contributed by atoms with van der Waals surface area (Å²) in [5.41, 5.74) is 9.88. The van der Waals surface area contributed by atoms with Gasteiger partial charge in [-0.05, 0) is 55.9 Å². The molecule has 1 aromatic carbocycles. The summed E-state index contributed by atoms with van der Waals surface area (Å²) in [5, 5.41) is 9.17. The lowest BCUT2D eigenvalue weighted by atomic mass is 9.97. The predicted octanol–water partition coefficient (Wildman–Crippen LogP) is 2.71. The first-order chi connectivity index (χ1) is 13.6. The normalized spacial score (nSPS) is 18.4. The second-order valence-electron chi connectivity index (χ2n) is 7.51.